The highest BCUT2D eigenvalue weighted by atomic mass is 79.9. The van der Waals surface area contributed by atoms with Gasteiger partial charge in [-0.1, -0.05) is 28.1 Å². The molecular formula is C16H19BrN2O4. The third-order valence-electron chi connectivity index (χ3n) is 4.63. The fourth-order valence-corrected chi connectivity index (χ4v) is 3.85. The Labute approximate surface area is 143 Å². The predicted molar refractivity (Wildman–Crippen MR) is 86.8 cm³/mol. The van der Waals surface area contributed by atoms with E-state index in [1.54, 1.807) is 9.80 Å². The molecule has 2 amide bonds. The van der Waals surface area contributed by atoms with Crippen LogP contribution in [0.1, 0.15) is 11.5 Å². The summed E-state index contributed by atoms with van der Waals surface area (Å²) in [6.45, 7) is 0.439. The summed E-state index contributed by atoms with van der Waals surface area (Å²) in [4.78, 5) is 27.7. The summed E-state index contributed by atoms with van der Waals surface area (Å²) in [7, 11) is 1.46. The number of hydrogen-bond donors (Lipinski definition) is 1. The number of halogens is 1. The zero-order chi connectivity index (χ0) is 16.6. The zero-order valence-electron chi connectivity index (χ0n) is 12.8. The molecule has 0 aliphatic carbocycles. The minimum atomic E-state index is -0.214. The third-order valence-corrected chi connectivity index (χ3v) is 5.16. The summed E-state index contributed by atoms with van der Waals surface area (Å²) in [6.07, 6.45) is 0. The topological polar surface area (TPSA) is 70.1 Å². The maximum absolute atomic E-state index is 12.3. The molecule has 2 heterocycles. The lowest BCUT2D eigenvalue weighted by Gasteiger charge is -2.58. The molecule has 0 bridgehead atoms. The number of piperazine rings is 1. The molecule has 0 radical (unpaired) electrons. The molecule has 23 heavy (non-hydrogen) atoms. The van der Waals surface area contributed by atoms with Gasteiger partial charge in [-0.15, -0.1) is 0 Å². The number of amides is 2. The van der Waals surface area contributed by atoms with E-state index < -0.39 is 0 Å². The Morgan fingerprint density at radius 2 is 2.09 bits per heavy atom. The fourth-order valence-electron chi connectivity index (χ4n) is 3.59. The van der Waals surface area contributed by atoms with Gasteiger partial charge in [0.15, 0.2) is 0 Å². The van der Waals surface area contributed by atoms with Crippen molar-refractivity contribution in [1.82, 2.24) is 9.80 Å². The van der Waals surface area contributed by atoms with Gasteiger partial charge in [-0.25, -0.2) is 0 Å². The summed E-state index contributed by atoms with van der Waals surface area (Å²) < 4.78 is 5.86. The molecule has 2 aliphatic heterocycles. The molecule has 0 saturated carbocycles. The SMILES string of the molecule is COCC(=O)N1CC(=O)N2[C@H](C1)[C@@H](c1ccc(Br)cc1)[C@@H]2CO. The lowest BCUT2D eigenvalue weighted by molar-refractivity contribution is -0.168. The Bertz CT molecular complexity index is 607. The van der Waals surface area contributed by atoms with Gasteiger partial charge in [0, 0.05) is 24.0 Å². The van der Waals surface area contributed by atoms with Gasteiger partial charge in [-0.3, -0.25) is 9.59 Å². The van der Waals surface area contributed by atoms with Crippen LogP contribution in [0.3, 0.4) is 0 Å². The number of hydrogen-bond acceptors (Lipinski definition) is 4. The second-order valence-electron chi connectivity index (χ2n) is 5.90. The molecule has 1 aromatic rings. The molecule has 0 aromatic heterocycles. The Kier molecular flexibility index (Phi) is 4.70. The van der Waals surface area contributed by atoms with Gasteiger partial charge in [-0.05, 0) is 17.7 Å². The molecule has 2 fully saturated rings. The van der Waals surface area contributed by atoms with Gasteiger partial charge < -0.3 is 19.6 Å². The molecule has 2 saturated heterocycles. The minimum Gasteiger partial charge on any atom is -0.394 e. The van der Waals surface area contributed by atoms with E-state index in [9.17, 15) is 14.7 Å². The molecule has 1 N–H and O–H groups in total. The first kappa shape index (κ1) is 16.4. The van der Waals surface area contributed by atoms with Crippen LogP contribution in [0.15, 0.2) is 28.7 Å². The summed E-state index contributed by atoms with van der Waals surface area (Å²) in [5.74, 6) is -0.254. The smallest absolute Gasteiger partial charge is 0.249 e. The average Bonchev–Trinajstić information content (AvgIpc) is 2.51. The average molecular weight is 383 g/mol. The van der Waals surface area contributed by atoms with Crippen molar-refractivity contribution in [1.29, 1.82) is 0 Å². The third kappa shape index (κ3) is 2.88. The van der Waals surface area contributed by atoms with Gasteiger partial charge in [0.25, 0.3) is 0 Å². The number of aliphatic hydroxyl groups is 1. The van der Waals surface area contributed by atoms with Crippen molar-refractivity contribution in [2.75, 3.05) is 33.4 Å². The van der Waals surface area contributed by atoms with Gasteiger partial charge in [0.05, 0.1) is 25.2 Å². The van der Waals surface area contributed by atoms with E-state index in [1.807, 2.05) is 24.3 Å². The number of carbonyl (C=O) groups is 2. The Balaban J connectivity index is 1.82. The van der Waals surface area contributed by atoms with E-state index in [0.717, 1.165) is 10.0 Å². The second-order valence-corrected chi connectivity index (χ2v) is 6.82. The normalized spacial score (nSPS) is 26.7. The molecule has 7 heteroatoms. The number of aliphatic hydroxyl groups excluding tert-OH is 1. The van der Waals surface area contributed by atoms with Crippen LogP contribution in [-0.2, 0) is 14.3 Å². The highest BCUT2D eigenvalue weighted by Gasteiger charge is 2.54. The van der Waals surface area contributed by atoms with E-state index in [-0.39, 0.29) is 49.6 Å². The van der Waals surface area contributed by atoms with Crippen LogP contribution in [0.25, 0.3) is 0 Å². The van der Waals surface area contributed by atoms with E-state index in [4.69, 9.17) is 4.74 Å². The first-order chi connectivity index (χ1) is 11.1. The van der Waals surface area contributed by atoms with Gasteiger partial charge in [-0.2, -0.15) is 0 Å². The molecule has 0 unspecified atom stereocenters. The Morgan fingerprint density at radius 1 is 1.39 bits per heavy atom. The monoisotopic (exact) mass is 382 g/mol. The van der Waals surface area contributed by atoms with E-state index >= 15 is 0 Å². The summed E-state index contributed by atoms with van der Waals surface area (Å²) in [5.41, 5.74) is 1.07. The van der Waals surface area contributed by atoms with E-state index in [0.29, 0.717) is 6.54 Å². The molecule has 0 spiro atoms. The van der Waals surface area contributed by atoms with Crippen molar-refractivity contribution in [3.05, 3.63) is 34.3 Å². The van der Waals surface area contributed by atoms with Gasteiger partial charge in [0.2, 0.25) is 11.8 Å². The van der Waals surface area contributed by atoms with Crippen LogP contribution in [0.4, 0.5) is 0 Å². The van der Waals surface area contributed by atoms with Crippen LogP contribution >= 0.6 is 15.9 Å². The number of rotatable bonds is 4. The maximum atomic E-state index is 12.3. The standard InChI is InChI=1S/C16H19BrN2O4/c1-23-9-15(22)18-6-12-16(10-2-4-11(17)5-3-10)13(8-20)19(12)14(21)7-18/h2-5,12-13,16,20H,6-9H2,1H3/t12-,13+,16-/m1/s1. The first-order valence-electron chi connectivity index (χ1n) is 7.51. The number of fused-ring (bicyclic) bond motifs is 1. The molecule has 2 aliphatic rings. The Hall–Kier alpha value is -1.44. The van der Waals surface area contributed by atoms with Crippen LogP contribution in [0.5, 0.6) is 0 Å². The number of benzene rings is 1. The van der Waals surface area contributed by atoms with Crippen molar-refractivity contribution in [3.8, 4) is 0 Å². The van der Waals surface area contributed by atoms with Crippen molar-refractivity contribution >= 4 is 27.7 Å². The summed E-state index contributed by atoms with van der Waals surface area (Å²) in [6, 6.07) is 7.59. The number of methoxy groups -OCH3 is 1. The number of nitrogens with zero attached hydrogens (tertiary/aromatic N) is 2. The summed E-state index contributed by atoms with van der Waals surface area (Å²) in [5, 5.41) is 9.68. The molecule has 1 aromatic carbocycles. The fraction of sp³-hybridized carbons (Fsp3) is 0.500. The van der Waals surface area contributed by atoms with Crippen molar-refractivity contribution < 1.29 is 19.4 Å². The van der Waals surface area contributed by atoms with Gasteiger partial charge in [0.1, 0.15) is 6.61 Å². The van der Waals surface area contributed by atoms with Crippen LogP contribution in [0, 0.1) is 0 Å². The van der Waals surface area contributed by atoms with Crippen molar-refractivity contribution in [3.63, 3.8) is 0 Å². The predicted octanol–water partition coefficient (Wildman–Crippen LogP) is 0.593. The molecule has 6 nitrogen and oxygen atoms in total. The number of ether oxygens (including phenoxy) is 1. The number of carbonyl (C=O) groups excluding carboxylic acids is 2. The highest BCUT2D eigenvalue weighted by Crippen LogP contribution is 2.43. The summed E-state index contributed by atoms with van der Waals surface area (Å²) >= 11 is 3.41. The molecule has 3 rings (SSSR count). The lowest BCUT2D eigenvalue weighted by Crippen LogP contribution is -2.73. The molecular weight excluding hydrogens is 364 g/mol. The van der Waals surface area contributed by atoms with E-state index in [2.05, 4.69) is 15.9 Å². The van der Waals surface area contributed by atoms with Crippen molar-refractivity contribution in [2.24, 2.45) is 0 Å². The highest BCUT2D eigenvalue weighted by molar-refractivity contribution is 9.10. The van der Waals surface area contributed by atoms with Gasteiger partial charge >= 0.3 is 0 Å². The minimum absolute atomic E-state index is 0.0214. The largest absolute Gasteiger partial charge is 0.394 e. The lowest BCUT2D eigenvalue weighted by atomic mass is 9.74. The molecule has 124 valence electrons. The van der Waals surface area contributed by atoms with Crippen LogP contribution in [-0.4, -0.2) is 72.2 Å². The molecule has 3 atom stereocenters. The van der Waals surface area contributed by atoms with Crippen LogP contribution < -0.4 is 0 Å². The Morgan fingerprint density at radius 3 is 2.70 bits per heavy atom. The first-order valence-corrected chi connectivity index (χ1v) is 8.30. The second kappa shape index (κ2) is 6.59. The van der Waals surface area contributed by atoms with Crippen LogP contribution in [0.2, 0.25) is 0 Å². The van der Waals surface area contributed by atoms with Crippen molar-refractivity contribution in [2.45, 2.75) is 18.0 Å². The maximum Gasteiger partial charge on any atom is 0.249 e. The zero-order valence-corrected chi connectivity index (χ0v) is 14.4. The van der Waals surface area contributed by atoms with E-state index in [1.165, 1.54) is 7.11 Å². The quantitative estimate of drug-likeness (QED) is 0.827.